The minimum Gasteiger partial charge on any atom is -0.254 e. The van der Waals surface area contributed by atoms with Crippen molar-refractivity contribution in [2.24, 2.45) is 0 Å². The van der Waals surface area contributed by atoms with E-state index in [1.165, 1.54) is 6.33 Å². The standard InChI is InChI=1S/C9H8N6S/c1-2-8-13-7(4-15(8)12-3-1)5-16-9-10-6-11-14-9/h1-4,6H,5H2,(H,10,11,14). The van der Waals surface area contributed by atoms with E-state index >= 15 is 0 Å². The second kappa shape index (κ2) is 3.93. The van der Waals surface area contributed by atoms with Gasteiger partial charge in [-0.3, -0.25) is 5.10 Å². The Bertz CT molecular complexity index is 554. The molecule has 0 aromatic carbocycles. The van der Waals surface area contributed by atoms with Crippen LogP contribution in [0.25, 0.3) is 5.65 Å². The smallest absolute Gasteiger partial charge is 0.183 e. The van der Waals surface area contributed by atoms with Crippen molar-refractivity contribution in [3.63, 3.8) is 0 Å². The Morgan fingerprint density at radius 2 is 2.44 bits per heavy atom. The van der Waals surface area contributed by atoms with E-state index in [0.717, 1.165) is 22.3 Å². The summed E-state index contributed by atoms with van der Waals surface area (Å²) < 4.78 is 1.76. The lowest BCUT2D eigenvalue weighted by Gasteiger charge is -1.91. The highest BCUT2D eigenvalue weighted by molar-refractivity contribution is 7.98. The van der Waals surface area contributed by atoms with E-state index in [2.05, 4.69) is 25.3 Å². The molecule has 3 rings (SSSR count). The first-order chi connectivity index (χ1) is 7.92. The summed E-state index contributed by atoms with van der Waals surface area (Å²) in [6.45, 7) is 0. The summed E-state index contributed by atoms with van der Waals surface area (Å²) >= 11 is 1.56. The van der Waals surface area contributed by atoms with Gasteiger partial charge >= 0.3 is 0 Å². The largest absolute Gasteiger partial charge is 0.254 e. The molecular weight excluding hydrogens is 224 g/mol. The van der Waals surface area contributed by atoms with Crippen LogP contribution in [0, 0.1) is 0 Å². The van der Waals surface area contributed by atoms with Crippen molar-refractivity contribution in [2.75, 3.05) is 0 Å². The minimum absolute atomic E-state index is 0.749. The molecule has 6 nitrogen and oxygen atoms in total. The van der Waals surface area contributed by atoms with Gasteiger partial charge in [0, 0.05) is 11.9 Å². The maximum atomic E-state index is 4.43. The summed E-state index contributed by atoms with van der Waals surface area (Å²) in [5.74, 6) is 0.749. The zero-order chi connectivity index (χ0) is 10.8. The highest BCUT2D eigenvalue weighted by atomic mass is 32.2. The van der Waals surface area contributed by atoms with Gasteiger partial charge in [-0.05, 0) is 12.1 Å². The molecule has 0 saturated heterocycles. The zero-order valence-electron chi connectivity index (χ0n) is 8.24. The average Bonchev–Trinajstić information content (AvgIpc) is 2.95. The number of aromatic nitrogens is 6. The first-order valence-electron chi connectivity index (χ1n) is 4.69. The molecule has 0 saturated carbocycles. The first kappa shape index (κ1) is 9.34. The maximum Gasteiger partial charge on any atom is 0.183 e. The van der Waals surface area contributed by atoms with E-state index < -0.39 is 0 Å². The summed E-state index contributed by atoms with van der Waals surface area (Å²) in [6.07, 6.45) is 5.15. The molecule has 3 heterocycles. The highest BCUT2D eigenvalue weighted by Crippen LogP contribution is 2.17. The third-order valence-electron chi connectivity index (χ3n) is 2.04. The monoisotopic (exact) mass is 232 g/mol. The van der Waals surface area contributed by atoms with Gasteiger partial charge in [0.25, 0.3) is 0 Å². The summed E-state index contributed by atoms with van der Waals surface area (Å²) in [6, 6.07) is 3.80. The van der Waals surface area contributed by atoms with Crippen molar-refractivity contribution in [1.82, 2.24) is 29.8 Å². The second-order valence-corrected chi connectivity index (χ2v) is 4.10. The van der Waals surface area contributed by atoms with E-state index in [9.17, 15) is 0 Å². The van der Waals surface area contributed by atoms with Crippen molar-refractivity contribution in [1.29, 1.82) is 0 Å². The molecule has 3 aromatic rings. The normalized spacial score (nSPS) is 11.0. The predicted octanol–water partition coefficient (Wildman–Crippen LogP) is 1.14. The molecule has 80 valence electrons. The molecule has 0 radical (unpaired) electrons. The van der Waals surface area contributed by atoms with Crippen LogP contribution in [0.15, 0.2) is 36.0 Å². The van der Waals surface area contributed by atoms with Gasteiger partial charge in [-0.1, -0.05) is 11.8 Å². The van der Waals surface area contributed by atoms with Crippen LogP contribution in [0.1, 0.15) is 5.69 Å². The van der Waals surface area contributed by atoms with Crippen LogP contribution in [0.3, 0.4) is 0 Å². The fourth-order valence-electron chi connectivity index (χ4n) is 1.36. The zero-order valence-corrected chi connectivity index (χ0v) is 9.05. The molecule has 0 bridgehead atoms. The number of thioether (sulfide) groups is 1. The van der Waals surface area contributed by atoms with E-state index in [4.69, 9.17) is 0 Å². The third-order valence-corrected chi connectivity index (χ3v) is 2.95. The van der Waals surface area contributed by atoms with Crippen LogP contribution in [0.4, 0.5) is 0 Å². The van der Waals surface area contributed by atoms with Crippen LogP contribution >= 0.6 is 11.8 Å². The Morgan fingerprint density at radius 3 is 3.25 bits per heavy atom. The molecule has 0 aliphatic heterocycles. The van der Waals surface area contributed by atoms with E-state index in [0.29, 0.717) is 0 Å². The van der Waals surface area contributed by atoms with E-state index in [1.54, 1.807) is 22.5 Å². The Kier molecular flexibility index (Phi) is 2.30. The quantitative estimate of drug-likeness (QED) is 0.685. The van der Waals surface area contributed by atoms with E-state index in [-0.39, 0.29) is 0 Å². The third kappa shape index (κ3) is 1.76. The number of hydrogen-bond donors (Lipinski definition) is 1. The molecule has 7 heteroatoms. The van der Waals surface area contributed by atoms with Crippen LogP contribution < -0.4 is 0 Å². The van der Waals surface area contributed by atoms with Crippen molar-refractivity contribution < 1.29 is 0 Å². The molecule has 0 aliphatic rings. The van der Waals surface area contributed by atoms with Crippen molar-refractivity contribution in [3.05, 3.63) is 36.5 Å². The Balaban J connectivity index is 1.79. The van der Waals surface area contributed by atoms with Crippen molar-refractivity contribution >= 4 is 17.4 Å². The number of imidazole rings is 1. The Hall–Kier alpha value is -1.89. The molecular formula is C9H8N6S. The fraction of sp³-hybridized carbons (Fsp3) is 0.111. The summed E-state index contributed by atoms with van der Waals surface area (Å²) in [7, 11) is 0. The van der Waals surface area contributed by atoms with Gasteiger partial charge < -0.3 is 0 Å². The molecule has 0 unspecified atom stereocenters. The molecule has 16 heavy (non-hydrogen) atoms. The lowest BCUT2D eigenvalue weighted by Crippen LogP contribution is -1.85. The second-order valence-electron chi connectivity index (χ2n) is 3.14. The molecule has 0 aliphatic carbocycles. The lowest BCUT2D eigenvalue weighted by molar-refractivity contribution is 0.934. The summed E-state index contributed by atoms with van der Waals surface area (Å²) in [5.41, 5.74) is 1.83. The SMILES string of the molecule is c1cnn2cc(CSc3ncn[nH]3)nc2c1. The van der Waals surface area contributed by atoms with E-state index in [1.807, 2.05) is 18.3 Å². The summed E-state index contributed by atoms with van der Waals surface area (Å²) in [4.78, 5) is 8.46. The van der Waals surface area contributed by atoms with Gasteiger partial charge in [-0.2, -0.15) is 10.2 Å². The fourth-order valence-corrected chi connectivity index (χ4v) is 2.02. The Labute approximate surface area is 95.1 Å². The van der Waals surface area contributed by atoms with Gasteiger partial charge in [0.05, 0.1) is 11.9 Å². The number of fused-ring (bicyclic) bond motifs is 1. The predicted molar refractivity (Wildman–Crippen MR) is 58.9 cm³/mol. The van der Waals surface area contributed by atoms with Crippen LogP contribution in [-0.4, -0.2) is 29.8 Å². The number of H-pyrrole nitrogens is 1. The molecule has 3 aromatic heterocycles. The lowest BCUT2D eigenvalue weighted by atomic mass is 10.6. The van der Waals surface area contributed by atoms with Crippen LogP contribution in [-0.2, 0) is 5.75 Å². The van der Waals surface area contributed by atoms with Gasteiger partial charge in [0.1, 0.15) is 6.33 Å². The molecule has 0 amide bonds. The molecule has 0 atom stereocenters. The van der Waals surface area contributed by atoms with Crippen LogP contribution in [0.2, 0.25) is 0 Å². The minimum atomic E-state index is 0.749. The van der Waals surface area contributed by atoms with Crippen molar-refractivity contribution in [3.8, 4) is 0 Å². The summed E-state index contributed by atoms with van der Waals surface area (Å²) in [5, 5.41) is 11.5. The Morgan fingerprint density at radius 1 is 1.44 bits per heavy atom. The molecule has 1 N–H and O–H groups in total. The highest BCUT2D eigenvalue weighted by Gasteiger charge is 2.03. The van der Waals surface area contributed by atoms with Gasteiger partial charge in [-0.15, -0.1) is 0 Å². The van der Waals surface area contributed by atoms with Crippen LogP contribution in [0.5, 0.6) is 0 Å². The molecule has 0 fully saturated rings. The van der Waals surface area contributed by atoms with Crippen molar-refractivity contribution in [2.45, 2.75) is 10.9 Å². The van der Waals surface area contributed by atoms with Gasteiger partial charge in [0.2, 0.25) is 0 Å². The number of rotatable bonds is 3. The number of hydrogen-bond acceptors (Lipinski definition) is 5. The van der Waals surface area contributed by atoms with Gasteiger partial charge in [-0.25, -0.2) is 14.5 Å². The van der Waals surface area contributed by atoms with Gasteiger partial charge in [0.15, 0.2) is 10.8 Å². The molecule has 0 spiro atoms. The maximum absolute atomic E-state index is 4.43. The number of nitrogens with one attached hydrogen (secondary N) is 1. The average molecular weight is 232 g/mol. The first-order valence-corrected chi connectivity index (χ1v) is 5.68. The topological polar surface area (TPSA) is 71.8 Å². The number of aromatic amines is 1. The number of nitrogens with zero attached hydrogens (tertiary/aromatic N) is 5.